The summed E-state index contributed by atoms with van der Waals surface area (Å²) in [5.74, 6) is 6.24. The Morgan fingerprint density at radius 1 is 0.767 bits per heavy atom. The van der Waals surface area contributed by atoms with Gasteiger partial charge < -0.3 is 4.74 Å². The summed E-state index contributed by atoms with van der Waals surface area (Å²) in [4.78, 5) is 11.6. The number of benzene rings is 4. The lowest BCUT2D eigenvalue weighted by Gasteiger charge is -2.06. The Kier molecular flexibility index (Phi) is 5.92. The largest absolute Gasteiger partial charge is 0.465 e. The zero-order chi connectivity index (χ0) is 20.8. The van der Waals surface area contributed by atoms with Gasteiger partial charge in [-0.2, -0.15) is 0 Å². The lowest BCUT2D eigenvalue weighted by atomic mass is 9.99. The maximum Gasteiger partial charge on any atom is 0.337 e. The van der Waals surface area contributed by atoms with E-state index in [1.165, 1.54) is 29.0 Å². The van der Waals surface area contributed by atoms with Crippen LogP contribution in [0.5, 0.6) is 0 Å². The van der Waals surface area contributed by atoms with E-state index in [4.69, 9.17) is 4.74 Å². The zero-order valence-corrected chi connectivity index (χ0v) is 16.9. The van der Waals surface area contributed by atoms with Gasteiger partial charge in [0.25, 0.3) is 0 Å². The molecule has 30 heavy (non-hydrogen) atoms. The first-order valence-corrected chi connectivity index (χ1v) is 9.94. The van der Waals surface area contributed by atoms with Crippen molar-refractivity contribution in [2.45, 2.75) is 12.8 Å². The predicted molar refractivity (Wildman–Crippen MR) is 122 cm³/mol. The number of fused-ring (bicyclic) bond motifs is 1. The first kappa shape index (κ1) is 19.5. The van der Waals surface area contributed by atoms with Gasteiger partial charge in [0, 0.05) is 12.0 Å². The van der Waals surface area contributed by atoms with Crippen LogP contribution in [0.15, 0.2) is 91.0 Å². The van der Waals surface area contributed by atoms with Gasteiger partial charge in [-0.25, -0.2) is 4.79 Å². The molecule has 146 valence electrons. The van der Waals surface area contributed by atoms with E-state index in [-0.39, 0.29) is 5.97 Å². The molecule has 4 aromatic carbocycles. The molecule has 2 heteroatoms. The molecule has 0 bridgehead atoms. The fourth-order valence-electron chi connectivity index (χ4n) is 3.44. The smallest absolute Gasteiger partial charge is 0.337 e. The molecular weight excluding hydrogens is 368 g/mol. The Morgan fingerprint density at radius 3 is 2.27 bits per heavy atom. The highest BCUT2D eigenvalue weighted by atomic mass is 16.5. The van der Waals surface area contributed by atoms with Gasteiger partial charge in [0.2, 0.25) is 0 Å². The standard InChI is InChI=1S/C28H22O2/c1-30-28(29)26-16-11-23(12-17-26)18-24-13-15-25-14-10-22(19-27(25)20-24)9-5-8-21-6-3-2-4-7-21/h2-4,6-7,10-17,19-20H,8,18H2,1H3. The number of esters is 1. The number of methoxy groups -OCH3 is 1. The minimum Gasteiger partial charge on any atom is -0.465 e. The van der Waals surface area contributed by atoms with Gasteiger partial charge in [0.15, 0.2) is 0 Å². The van der Waals surface area contributed by atoms with Crippen LogP contribution in [-0.4, -0.2) is 13.1 Å². The molecule has 4 rings (SSSR count). The van der Waals surface area contributed by atoms with E-state index < -0.39 is 0 Å². The third-order valence-corrected chi connectivity index (χ3v) is 5.06. The van der Waals surface area contributed by atoms with Crippen molar-refractivity contribution >= 4 is 16.7 Å². The van der Waals surface area contributed by atoms with E-state index in [9.17, 15) is 4.79 Å². The maximum absolute atomic E-state index is 11.6. The van der Waals surface area contributed by atoms with Crippen molar-refractivity contribution in [2.75, 3.05) is 7.11 Å². The zero-order valence-electron chi connectivity index (χ0n) is 16.9. The van der Waals surface area contributed by atoms with Crippen molar-refractivity contribution in [3.63, 3.8) is 0 Å². The second-order valence-corrected chi connectivity index (χ2v) is 7.23. The molecule has 0 saturated carbocycles. The molecule has 0 aliphatic rings. The van der Waals surface area contributed by atoms with Crippen LogP contribution in [0.1, 0.15) is 32.6 Å². The number of hydrogen-bond acceptors (Lipinski definition) is 2. The Balaban J connectivity index is 1.51. The van der Waals surface area contributed by atoms with Gasteiger partial charge in [0.1, 0.15) is 0 Å². The summed E-state index contributed by atoms with van der Waals surface area (Å²) in [6.07, 6.45) is 1.56. The van der Waals surface area contributed by atoms with Gasteiger partial charge in [-0.1, -0.05) is 78.6 Å². The minimum atomic E-state index is -0.312. The van der Waals surface area contributed by atoms with Crippen molar-refractivity contribution in [3.05, 3.63) is 119 Å². The molecular formula is C28H22O2. The molecule has 0 atom stereocenters. The average molecular weight is 390 g/mol. The number of hydrogen-bond donors (Lipinski definition) is 0. The minimum absolute atomic E-state index is 0.312. The molecule has 0 N–H and O–H groups in total. The van der Waals surface area contributed by atoms with Crippen LogP contribution in [0, 0.1) is 11.8 Å². The van der Waals surface area contributed by atoms with Gasteiger partial charge >= 0.3 is 5.97 Å². The average Bonchev–Trinajstić information content (AvgIpc) is 2.79. The van der Waals surface area contributed by atoms with Gasteiger partial charge in [0.05, 0.1) is 12.7 Å². The van der Waals surface area contributed by atoms with E-state index in [0.717, 1.165) is 24.0 Å². The van der Waals surface area contributed by atoms with Crippen molar-refractivity contribution in [1.29, 1.82) is 0 Å². The quantitative estimate of drug-likeness (QED) is 0.325. The first-order chi connectivity index (χ1) is 14.7. The molecule has 0 radical (unpaired) electrons. The number of ether oxygens (including phenoxy) is 1. The normalized spacial score (nSPS) is 10.3. The van der Waals surface area contributed by atoms with Gasteiger partial charge in [-0.05, 0) is 58.1 Å². The summed E-state index contributed by atoms with van der Waals surface area (Å²) in [6.45, 7) is 0. The first-order valence-electron chi connectivity index (χ1n) is 9.94. The summed E-state index contributed by atoms with van der Waals surface area (Å²) in [6, 6.07) is 30.7. The van der Waals surface area contributed by atoms with Crippen LogP contribution in [0.2, 0.25) is 0 Å². The Bertz CT molecular complexity index is 1230. The highest BCUT2D eigenvalue weighted by Gasteiger charge is 2.05. The molecule has 2 nitrogen and oxygen atoms in total. The van der Waals surface area contributed by atoms with Crippen LogP contribution < -0.4 is 0 Å². The van der Waals surface area contributed by atoms with E-state index in [1.54, 1.807) is 0 Å². The van der Waals surface area contributed by atoms with Crippen LogP contribution in [0.4, 0.5) is 0 Å². The Morgan fingerprint density at radius 2 is 1.50 bits per heavy atom. The molecule has 0 unspecified atom stereocenters. The molecule has 0 spiro atoms. The van der Waals surface area contributed by atoms with E-state index in [1.807, 2.05) is 42.5 Å². The lowest BCUT2D eigenvalue weighted by molar-refractivity contribution is 0.0600. The lowest BCUT2D eigenvalue weighted by Crippen LogP contribution is -2.01. The maximum atomic E-state index is 11.6. The van der Waals surface area contributed by atoms with Gasteiger partial charge in [-0.15, -0.1) is 0 Å². The summed E-state index contributed by atoms with van der Waals surface area (Å²) in [5, 5.41) is 2.39. The number of carbonyl (C=O) groups excluding carboxylic acids is 1. The van der Waals surface area contributed by atoms with Crippen molar-refractivity contribution in [2.24, 2.45) is 0 Å². The fraction of sp³-hybridized carbons (Fsp3) is 0.107. The van der Waals surface area contributed by atoms with Crippen molar-refractivity contribution in [1.82, 2.24) is 0 Å². The molecule has 0 aliphatic carbocycles. The Labute approximate surface area is 177 Å². The topological polar surface area (TPSA) is 26.3 Å². The van der Waals surface area contributed by atoms with Gasteiger partial charge in [-0.3, -0.25) is 0 Å². The molecule has 4 aromatic rings. The van der Waals surface area contributed by atoms with E-state index in [2.05, 4.69) is 60.4 Å². The summed E-state index contributed by atoms with van der Waals surface area (Å²) in [7, 11) is 1.39. The highest BCUT2D eigenvalue weighted by molar-refractivity contribution is 5.89. The summed E-state index contributed by atoms with van der Waals surface area (Å²) >= 11 is 0. The fourth-order valence-corrected chi connectivity index (χ4v) is 3.44. The van der Waals surface area contributed by atoms with Crippen LogP contribution in [0.3, 0.4) is 0 Å². The van der Waals surface area contributed by atoms with Crippen molar-refractivity contribution in [3.8, 4) is 11.8 Å². The molecule has 0 aliphatic heterocycles. The number of carbonyl (C=O) groups is 1. The SMILES string of the molecule is COC(=O)c1ccc(Cc2ccc3ccc(C#CCc4ccccc4)cc3c2)cc1. The highest BCUT2D eigenvalue weighted by Crippen LogP contribution is 2.20. The molecule has 0 fully saturated rings. The van der Waals surface area contributed by atoms with Crippen LogP contribution >= 0.6 is 0 Å². The molecule has 0 saturated heterocycles. The molecule has 0 amide bonds. The summed E-state index contributed by atoms with van der Waals surface area (Å²) < 4.78 is 4.76. The molecule has 0 heterocycles. The second kappa shape index (κ2) is 9.11. The second-order valence-electron chi connectivity index (χ2n) is 7.23. The van der Waals surface area contributed by atoms with E-state index >= 15 is 0 Å². The van der Waals surface area contributed by atoms with Crippen LogP contribution in [0.25, 0.3) is 10.8 Å². The number of rotatable bonds is 4. The summed E-state index contributed by atoms with van der Waals surface area (Å²) in [5.41, 5.74) is 5.20. The predicted octanol–water partition coefficient (Wildman–Crippen LogP) is 5.81. The van der Waals surface area contributed by atoms with Crippen molar-refractivity contribution < 1.29 is 9.53 Å². The monoisotopic (exact) mass is 390 g/mol. The van der Waals surface area contributed by atoms with Crippen LogP contribution in [-0.2, 0) is 17.6 Å². The van der Waals surface area contributed by atoms with E-state index in [0.29, 0.717) is 5.56 Å². The molecule has 0 aromatic heterocycles. The Hall–Kier alpha value is -3.83. The third-order valence-electron chi connectivity index (χ3n) is 5.06. The third kappa shape index (κ3) is 4.77.